The molecule has 0 N–H and O–H groups in total. The molecule has 0 aromatic heterocycles. The monoisotopic (exact) mass is 638 g/mol. The Hall–Kier alpha value is -5.20. The lowest BCUT2D eigenvalue weighted by molar-refractivity contribution is -0.0393. The lowest BCUT2D eigenvalue weighted by atomic mass is 9.43. The first-order valence-electron chi connectivity index (χ1n) is 18.9. The van der Waals surface area contributed by atoms with Crippen molar-refractivity contribution in [2.24, 2.45) is 23.7 Å². The summed E-state index contributed by atoms with van der Waals surface area (Å²) in [5.41, 5.74) is 11.7. The molecular formula is C50H38. The number of hydrogen-bond acceptors (Lipinski definition) is 0. The van der Waals surface area contributed by atoms with Gasteiger partial charge in [-0.1, -0.05) is 133 Å². The van der Waals surface area contributed by atoms with Gasteiger partial charge in [-0.2, -0.15) is 0 Å². The Labute approximate surface area is 293 Å². The Morgan fingerprint density at radius 2 is 0.860 bits per heavy atom. The van der Waals surface area contributed by atoms with E-state index in [1.165, 1.54) is 109 Å². The van der Waals surface area contributed by atoms with Gasteiger partial charge in [0.05, 0.1) is 0 Å². The van der Waals surface area contributed by atoms with Gasteiger partial charge in [-0.3, -0.25) is 0 Å². The molecule has 13 rings (SSSR count). The van der Waals surface area contributed by atoms with Crippen LogP contribution in [0.4, 0.5) is 0 Å². The summed E-state index contributed by atoms with van der Waals surface area (Å²) in [7, 11) is 0. The first-order valence-corrected chi connectivity index (χ1v) is 18.9. The number of fused-ring (bicyclic) bond motifs is 8. The minimum atomic E-state index is 0.103. The maximum absolute atomic E-state index is 2.69. The highest BCUT2D eigenvalue weighted by Crippen LogP contribution is 2.70. The third-order valence-electron chi connectivity index (χ3n) is 13.8. The molecule has 8 aromatic rings. The van der Waals surface area contributed by atoms with Gasteiger partial charge in [-0.05, 0) is 156 Å². The molecule has 5 aliphatic rings. The highest BCUT2D eigenvalue weighted by molar-refractivity contribution is 6.22. The van der Waals surface area contributed by atoms with Crippen molar-refractivity contribution in [3.63, 3.8) is 0 Å². The van der Waals surface area contributed by atoms with Crippen LogP contribution in [0.25, 0.3) is 76.5 Å². The van der Waals surface area contributed by atoms with E-state index in [-0.39, 0.29) is 5.41 Å². The van der Waals surface area contributed by atoms with Gasteiger partial charge in [0, 0.05) is 5.41 Å². The second-order valence-corrected chi connectivity index (χ2v) is 16.0. The molecule has 1 spiro atoms. The second-order valence-electron chi connectivity index (χ2n) is 16.0. The zero-order valence-corrected chi connectivity index (χ0v) is 28.2. The van der Waals surface area contributed by atoms with Crippen molar-refractivity contribution >= 4 is 43.1 Å². The molecule has 0 saturated heterocycles. The van der Waals surface area contributed by atoms with Crippen LogP contribution in [-0.2, 0) is 5.41 Å². The predicted octanol–water partition coefficient (Wildman–Crippen LogP) is 13.4. The molecule has 50 heavy (non-hydrogen) atoms. The maximum atomic E-state index is 2.69. The van der Waals surface area contributed by atoms with Gasteiger partial charge < -0.3 is 0 Å². The van der Waals surface area contributed by atoms with Crippen LogP contribution in [0.5, 0.6) is 0 Å². The van der Waals surface area contributed by atoms with Crippen LogP contribution in [0.2, 0.25) is 0 Å². The summed E-state index contributed by atoms with van der Waals surface area (Å²) in [5.74, 6) is 3.29. The molecule has 0 atom stereocenters. The molecule has 4 saturated carbocycles. The van der Waals surface area contributed by atoms with Crippen LogP contribution in [0, 0.1) is 23.7 Å². The lowest BCUT2D eigenvalue weighted by Gasteiger charge is -2.61. The molecule has 0 nitrogen and oxygen atoms in total. The number of rotatable bonds is 2. The van der Waals surface area contributed by atoms with Crippen LogP contribution >= 0.6 is 0 Å². The van der Waals surface area contributed by atoms with Gasteiger partial charge in [0.2, 0.25) is 0 Å². The average Bonchev–Trinajstić information content (AvgIpc) is 3.46. The Bertz CT molecular complexity index is 2640. The van der Waals surface area contributed by atoms with E-state index < -0.39 is 0 Å². The van der Waals surface area contributed by atoms with Crippen molar-refractivity contribution < 1.29 is 0 Å². The van der Waals surface area contributed by atoms with E-state index in [1.807, 2.05) is 0 Å². The van der Waals surface area contributed by atoms with Crippen LogP contribution < -0.4 is 0 Å². The quantitative estimate of drug-likeness (QED) is 0.165. The zero-order chi connectivity index (χ0) is 32.6. The van der Waals surface area contributed by atoms with Crippen molar-refractivity contribution in [1.82, 2.24) is 0 Å². The molecule has 0 radical (unpaired) electrons. The van der Waals surface area contributed by atoms with E-state index >= 15 is 0 Å². The summed E-state index contributed by atoms with van der Waals surface area (Å²) in [6, 6.07) is 55.9. The summed E-state index contributed by atoms with van der Waals surface area (Å²) < 4.78 is 0. The van der Waals surface area contributed by atoms with E-state index in [0.717, 1.165) is 23.7 Å². The summed E-state index contributed by atoms with van der Waals surface area (Å²) in [4.78, 5) is 0. The summed E-state index contributed by atoms with van der Waals surface area (Å²) >= 11 is 0. The first-order chi connectivity index (χ1) is 24.8. The van der Waals surface area contributed by atoms with Gasteiger partial charge in [0.25, 0.3) is 0 Å². The lowest BCUT2D eigenvalue weighted by Crippen LogP contribution is -2.55. The smallest absolute Gasteiger partial charge is 0.0278 e. The molecule has 8 aromatic carbocycles. The van der Waals surface area contributed by atoms with Gasteiger partial charge in [0.15, 0.2) is 0 Å². The van der Waals surface area contributed by atoms with Crippen LogP contribution in [0.1, 0.15) is 43.2 Å². The minimum absolute atomic E-state index is 0.103. The van der Waals surface area contributed by atoms with E-state index in [0.29, 0.717) is 0 Å². The maximum Gasteiger partial charge on any atom is 0.0278 e. The highest BCUT2D eigenvalue weighted by Gasteiger charge is 2.62. The van der Waals surface area contributed by atoms with Crippen LogP contribution in [-0.4, -0.2) is 0 Å². The Kier molecular flexibility index (Phi) is 5.49. The minimum Gasteiger partial charge on any atom is -0.0616 e. The second kappa shape index (κ2) is 9.95. The van der Waals surface area contributed by atoms with Crippen molar-refractivity contribution in [2.45, 2.75) is 37.5 Å². The standard InChI is InChI=1S/C50H38/c1-2-11-34-28-35(18-17-32(34)9-1)47-41-13-5-7-15-43(41)48(44-16-8-6-14-42(44)47)36-20-21-40-45-22-19-33-10-3-4-12-39(33)49(45)50(46(40)29-36)37-24-30-23-31(26-37)27-38(50)25-30/h1-22,28-31,37-38H,23-27H2. The topological polar surface area (TPSA) is 0 Å². The molecule has 0 amide bonds. The third kappa shape index (κ3) is 3.52. The Morgan fingerprint density at radius 1 is 0.380 bits per heavy atom. The molecule has 0 unspecified atom stereocenters. The van der Waals surface area contributed by atoms with Crippen LogP contribution in [0.3, 0.4) is 0 Å². The molecule has 5 aliphatic carbocycles. The number of hydrogen-bond donors (Lipinski definition) is 0. The molecule has 238 valence electrons. The fourth-order valence-corrected chi connectivity index (χ4v) is 12.2. The van der Waals surface area contributed by atoms with Crippen molar-refractivity contribution in [1.29, 1.82) is 0 Å². The summed E-state index contributed by atoms with van der Waals surface area (Å²) in [6.07, 6.45) is 7.05. The van der Waals surface area contributed by atoms with Crippen LogP contribution in [0.15, 0.2) is 146 Å². The van der Waals surface area contributed by atoms with E-state index in [4.69, 9.17) is 0 Å². The third-order valence-corrected chi connectivity index (χ3v) is 13.8. The molecule has 0 heteroatoms. The zero-order valence-electron chi connectivity index (χ0n) is 28.2. The predicted molar refractivity (Wildman–Crippen MR) is 211 cm³/mol. The average molecular weight is 639 g/mol. The fourth-order valence-electron chi connectivity index (χ4n) is 12.2. The molecule has 0 heterocycles. The Morgan fingerprint density at radius 3 is 1.50 bits per heavy atom. The summed E-state index contributed by atoms with van der Waals surface area (Å²) in [6.45, 7) is 0. The van der Waals surface area contributed by atoms with E-state index in [2.05, 4.69) is 146 Å². The van der Waals surface area contributed by atoms with Crippen molar-refractivity contribution in [2.75, 3.05) is 0 Å². The van der Waals surface area contributed by atoms with Gasteiger partial charge in [-0.15, -0.1) is 0 Å². The molecule has 0 aliphatic heterocycles. The van der Waals surface area contributed by atoms with Gasteiger partial charge in [0.1, 0.15) is 0 Å². The fraction of sp³-hybridized carbons (Fsp3) is 0.200. The largest absolute Gasteiger partial charge is 0.0616 e. The molecule has 4 fully saturated rings. The van der Waals surface area contributed by atoms with Gasteiger partial charge >= 0.3 is 0 Å². The van der Waals surface area contributed by atoms with E-state index in [1.54, 1.807) is 11.1 Å². The number of benzene rings is 8. The van der Waals surface area contributed by atoms with Crippen molar-refractivity contribution in [3.8, 4) is 33.4 Å². The Balaban J connectivity index is 1.15. The van der Waals surface area contributed by atoms with Gasteiger partial charge in [-0.25, -0.2) is 0 Å². The van der Waals surface area contributed by atoms with E-state index in [9.17, 15) is 0 Å². The molecule has 4 bridgehead atoms. The highest BCUT2D eigenvalue weighted by atomic mass is 14.6. The first kappa shape index (κ1) is 27.6. The summed E-state index contributed by atoms with van der Waals surface area (Å²) in [5, 5.41) is 10.8. The molecular weight excluding hydrogens is 601 g/mol. The SMILES string of the molecule is c1ccc2cc(-c3c4ccccc4c(-c4ccc5c(c4)C4(c6c-5ccc5ccccc65)C5CC6CC(C5)CC4C6)c4ccccc34)ccc2c1. The normalized spacial score (nSPS) is 24.5. The van der Waals surface area contributed by atoms with Crippen molar-refractivity contribution in [3.05, 3.63) is 157 Å².